The third kappa shape index (κ3) is 2.79. The molecule has 0 N–H and O–H groups in total. The molecule has 1 aliphatic heterocycles. The Labute approximate surface area is 135 Å². The molecule has 0 bridgehead atoms. The van der Waals surface area contributed by atoms with Crippen LogP contribution in [0.15, 0.2) is 37.2 Å². The smallest absolute Gasteiger partial charge is 0.248 e. The maximum atomic E-state index is 13.0. The summed E-state index contributed by atoms with van der Waals surface area (Å²) in [5.41, 5.74) is 0.754. The van der Waals surface area contributed by atoms with Crippen LogP contribution in [0.25, 0.3) is 0 Å². The molecule has 7 nitrogen and oxygen atoms in total. The normalized spacial score (nSPS) is 21.3. The number of hydrogen-bond donors (Lipinski definition) is 0. The van der Waals surface area contributed by atoms with Gasteiger partial charge in [-0.1, -0.05) is 0 Å². The van der Waals surface area contributed by atoms with Crippen LogP contribution in [0.2, 0.25) is 0 Å². The van der Waals surface area contributed by atoms with E-state index in [1.54, 1.807) is 56.2 Å². The average molecular weight is 312 g/mol. The predicted molar refractivity (Wildman–Crippen MR) is 84.1 cm³/mol. The Bertz CT molecular complexity index is 663. The van der Waals surface area contributed by atoms with Crippen molar-refractivity contribution >= 4 is 5.91 Å². The van der Waals surface area contributed by atoms with E-state index >= 15 is 0 Å². The fourth-order valence-corrected chi connectivity index (χ4v) is 3.22. The van der Waals surface area contributed by atoms with Crippen LogP contribution in [0.5, 0.6) is 0 Å². The van der Waals surface area contributed by atoms with E-state index in [1.165, 1.54) is 0 Å². The molecule has 7 heteroatoms. The molecule has 1 aliphatic rings. The zero-order chi connectivity index (χ0) is 16.3. The molecule has 0 radical (unpaired) electrons. The number of likely N-dealkylation sites (tertiary alicyclic amines) is 1. The van der Waals surface area contributed by atoms with Crippen molar-refractivity contribution in [1.82, 2.24) is 29.7 Å². The SMILES string of the molecule is CN(C)C(=O)[C@@]1(c2cnccn2)CCCN1Cc1cnccn1. The second kappa shape index (κ2) is 6.37. The van der Waals surface area contributed by atoms with Crippen LogP contribution in [0.3, 0.4) is 0 Å². The summed E-state index contributed by atoms with van der Waals surface area (Å²) >= 11 is 0. The minimum Gasteiger partial charge on any atom is -0.347 e. The summed E-state index contributed by atoms with van der Waals surface area (Å²) < 4.78 is 0. The Hall–Kier alpha value is -2.41. The highest BCUT2D eigenvalue weighted by molar-refractivity contribution is 5.87. The summed E-state index contributed by atoms with van der Waals surface area (Å²) in [6, 6.07) is 0. The number of carbonyl (C=O) groups is 1. The summed E-state index contributed by atoms with van der Waals surface area (Å²) in [5, 5.41) is 0. The third-order valence-electron chi connectivity index (χ3n) is 4.22. The Morgan fingerprint density at radius 2 is 1.91 bits per heavy atom. The van der Waals surface area contributed by atoms with Gasteiger partial charge in [0.1, 0.15) is 5.54 Å². The van der Waals surface area contributed by atoms with E-state index in [4.69, 9.17) is 0 Å². The zero-order valence-electron chi connectivity index (χ0n) is 13.4. The molecule has 23 heavy (non-hydrogen) atoms. The lowest BCUT2D eigenvalue weighted by atomic mass is 9.90. The monoisotopic (exact) mass is 312 g/mol. The van der Waals surface area contributed by atoms with Crippen molar-refractivity contribution < 1.29 is 4.79 Å². The van der Waals surface area contributed by atoms with E-state index in [0.29, 0.717) is 12.2 Å². The molecular formula is C16H20N6O. The standard InChI is InChI=1S/C16H20N6O/c1-21(2)15(23)16(14-11-18-6-8-20-14)4-3-9-22(16)12-13-10-17-5-7-19-13/h5-8,10-11H,3-4,9,12H2,1-2H3/t16-/m0/s1. The molecule has 0 aromatic carbocycles. The second-order valence-corrected chi connectivity index (χ2v) is 5.87. The lowest BCUT2D eigenvalue weighted by Crippen LogP contribution is -2.52. The lowest BCUT2D eigenvalue weighted by molar-refractivity contribution is -0.141. The maximum Gasteiger partial charge on any atom is 0.248 e. The van der Waals surface area contributed by atoms with Gasteiger partial charge in [0.05, 0.1) is 17.6 Å². The number of likely N-dealkylation sites (N-methyl/N-ethyl adjacent to an activating group) is 1. The van der Waals surface area contributed by atoms with Crippen molar-refractivity contribution in [3.8, 4) is 0 Å². The molecule has 0 unspecified atom stereocenters. The Balaban J connectivity index is 2.02. The number of amides is 1. The van der Waals surface area contributed by atoms with Crippen LogP contribution in [0.1, 0.15) is 24.2 Å². The fourth-order valence-electron chi connectivity index (χ4n) is 3.22. The number of hydrogen-bond acceptors (Lipinski definition) is 6. The molecule has 0 spiro atoms. The molecule has 3 heterocycles. The largest absolute Gasteiger partial charge is 0.347 e. The first-order valence-corrected chi connectivity index (χ1v) is 7.63. The molecule has 2 aromatic rings. The number of nitrogens with zero attached hydrogens (tertiary/aromatic N) is 6. The maximum absolute atomic E-state index is 13.0. The van der Waals surface area contributed by atoms with Gasteiger partial charge >= 0.3 is 0 Å². The summed E-state index contributed by atoms with van der Waals surface area (Å²) in [4.78, 5) is 33.9. The van der Waals surface area contributed by atoms with E-state index in [2.05, 4.69) is 24.8 Å². The Morgan fingerprint density at radius 1 is 1.17 bits per heavy atom. The first kappa shape index (κ1) is 15.5. The minimum absolute atomic E-state index is 0.0272. The second-order valence-electron chi connectivity index (χ2n) is 5.87. The van der Waals surface area contributed by atoms with E-state index in [-0.39, 0.29) is 5.91 Å². The molecule has 0 aliphatic carbocycles. The van der Waals surface area contributed by atoms with Crippen molar-refractivity contribution in [2.45, 2.75) is 24.9 Å². The van der Waals surface area contributed by atoms with Gasteiger partial charge in [-0.05, 0) is 12.8 Å². The molecule has 1 amide bonds. The lowest BCUT2D eigenvalue weighted by Gasteiger charge is -2.38. The zero-order valence-corrected chi connectivity index (χ0v) is 13.4. The van der Waals surface area contributed by atoms with E-state index in [0.717, 1.165) is 25.1 Å². The fraction of sp³-hybridized carbons (Fsp3) is 0.438. The number of aromatic nitrogens is 4. The van der Waals surface area contributed by atoms with Crippen LogP contribution >= 0.6 is 0 Å². The summed E-state index contributed by atoms with van der Waals surface area (Å²) in [7, 11) is 3.55. The predicted octanol–water partition coefficient (Wildman–Crippen LogP) is 0.846. The van der Waals surface area contributed by atoms with Gasteiger partial charge in [0.25, 0.3) is 0 Å². The minimum atomic E-state index is -0.782. The topological polar surface area (TPSA) is 75.1 Å². The first-order chi connectivity index (χ1) is 11.1. The summed E-state index contributed by atoms with van der Waals surface area (Å²) in [6.07, 6.45) is 11.7. The highest BCUT2D eigenvalue weighted by atomic mass is 16.2. The Morgan fingerprint density at radius 3 is 2.52 bits per heavy atom. The molecule has 1 saturated heterocycles. The number of carbonyl (C=O) groups excluding carboxylic acids is 1. The summed E-state index contributed by atoms with van der Waals surface area (Å²) in [6.45, 7) is 1.37. The summed E-state index contributed by atoms with van der Waals surface area (Å²) in [5.74, 6) is 0.0272. The van der Waals surface area contributed by atoms with Crippen molar-refractivity contribution in [2.24, 2.45) is 0 Å². The van der Waals surface area contributed by atoms with Crippen molar-refractivity contribution in [1.29, 1.82) is 0 Å². The Kier molecular flexibility index (Phi) is 4.29. The van der Waals surface area contributed by atoms with E-state index in [9.17, 15) is 4.79 Å². The van der Waals surface area contributed by atoms with Gasteiger partial charge in [-0.3, -0.25) is 29.6 Å². The third-order valence-corrected chi connectivity index (χ3v) is 4.22. The van der Waals surface area contributed by atoms with Crippen molar-refractivity contribution in [3.05, 3.63) is 48.6 Å². The van der Waals surface area contributed by atoms with Gasteiger partial charge in [0.2, 0.25) is 5.91 Å². The van der Waals surface area contributed by atoms with Crippen LogP contribution in [0.4, 0.5) is 0 Å². The van der Waals surface area contributed by atoms with Crippen LogP contribution in [-0.2, 0) is 16.9 Å². The van der Waals surface area contributed by atoms with E-state index in [1.807, 2.05) is 0 Å². The highest BCUT2D eigenvalue weighted by Crippen LogP contribution is 2.39. The molecule has 3 rings (SSSR count). The van der Waals surface area contributed by atoms with Gasteiger partial charge in [0, 0.05) is 58.2 Å². The quantitative estimate of drug-likeness (QED) is 0.833. The highest BCUT2D eigenvalue weighted by Gasteiger charge is 2.51. The van der Waals surface area contributed by atoms with Gasteiger partial charge in [0.15, 0.2) is 0 Å². The molecule has 2 aromatic heterocycles. The average Bonchev–Trinajstić information content (AvgIpc) is 3.00. The molecular weight excluding hydrogens is 292 g/mol. The van der Waals surface area contributed by atoms with Gasteiger partial charge in [-0.2, -0.15) is 0 Å². The van der Waals surface area contributed by atoms with Gasteiger partial charge in [-0.15, -0.1) is 0 Å². The molecule has 0 saturated carbocycles. The molecule has 1 fully saturated rings. The van der Waals surface area contributed by atoms with Crippen molar-refractivity contribution in [2.75, 3.05) is 20.6 Å². The van der Waals surface area contributed by atoms with E-state index < -0.39 is 5.54 Å². The van der Waals surface area contributed by atoms with Crippen LogP contribution < -0.4 is 0 Å². The molecule has 120 valence electrons. The van der Waals surface area contributed by atoms with Crippen LogP contribution in [0, 0.1) is 0 Å². The van der Waals surface area contributed by atoms with Gasteiger partial charge in [-0.25, -0.2) is 0 Å². The van der Waals surface area contributed by atoms with Crippen LogP contribution in [-0.4, -0.2) is 56.3 Å². The number of rotatable bonds is 4. The molecule has 1 atom stereocenters. The van der Waals surface area contributed by atoms with Crippen molar-refractivity contribution in [3.63, 3.8) is 0 Å². The van der Waals surface area contributed by atoms with Gasteiger partial charge < -0.3 is 4.90 Å². The first-order valence-electron chi connectivity index (χ1n) is 7.63.